The molecule has 6 unspecified atom stereocenters. The van der Waals surface area contributed by atoms with Crippen LogP contribution in [0.25, 0.3) is 0 Å². The molecule has 27 heavy (non-hydrogen) atoms. The van der Waals surface area contributed by atoms with E-state index in [0.717, 1.165) is 37.8 Å². The van der Waals surface area contributed by atoms with Gasteiger partial charge in [-0.25, -0.2) is 9.59 Å². The maximum atomic E-state index is 12.1. The summed E-state index contributed by atoms with van der Waals surface area (Å²) in [6.45, 7) is 15.5. The van der Waals surface area contributed by atoms with E-state index in [1.165, 1.54) is 0 Å². The molecule has 6 atom stereocenters. The van der Waals surface area contributed by atoms with Gasteiger partial charge in [0.05, 0.1) is 0 Å². The highest BCUT2D eigenvalue weighted by atomic mass is 16.8. The molecule has 0 aromatic carbocycles. The van der Waals surface area contributed by atoms with Crippen molar-refractivity contribution in [2.24, 2.45) is 23.7 Å². The number of esters is 2. The number of carbonyl (C=O) groups excluding carboxylic acids is 2. The van der Waals surface area contributed by atoms with Crippen molar-refractivity contribution in [3.63, 3.8) is 0 Å². The van der Waals surface area contributed by atoms with Crippen LogP contribution in [0.1, 0.15) is 66.2 Å². The fourth-order valence-corrected chi connectivity index (χ4v) is 4.55. The number of ether oxygens (including phenoxy) is 3. The van der Waals surface area contributed by atoms with Gasteiger partial charge in [0.15, 0.2) is 0 Å². The van der Waals surface area contributed by atoms with Gasteiger partial charge in [0.2, 0.25) is 11.6 Å². The molecule has 0 N–H and O–H groups in total. The Morgan fingerprint density at radius 3 is 1.48 bits per heavy atom. The third-order valence-corrected chi connectivity index (χ3v) is 6.21. The second kappa shape index (κ2) is 8.59. The number of hydrogen-bond acceptors (Lipinski definition) is 5. The van der Waals surface area contributed by atoms with E-state index in [4.69, 9.17) is 14.2 Å². The summed E-state index contributed by atoms with van der Waals surface area (Å²) in [6.07, 6.45) is 6.97. The average molecular weight is 379 g/mol. The van der Waals surface area contributed by atoms with Crippen molar-refractivity contribution in [3.8, 4) is 0 Å². The van der Waals surface area contributed by atoms with Gasteiger partial charge in [0.1, 0.15) is 0 Å². The van der Waals surface area contributed by atoms with Crippen molar-refractivity contribution in [3.05, 3.63) is 25.3 Å². The molecule has 2 rings (SSSR count). The van der Waals surface area contributed by atoms with E-state index in [-0.39, 0.29) is 11.8 Å². The van der Waals surface area contributed by atoms with Crippen molar-refractivity contribution >= 4 is 11.9 Å². The van der Waals surface area contributed by atoms with Gasteiger partial charge >= 0.3 is 11.9 Å². The van der Waals surface area contributed by atoms with Crippen LogP contribution in [0.4, 0.5) is 0 Å². The van der Waals surface area contributed by atoms with Gasteiger partial charge in [-0.1, -0.05) is 40.9 Å². The van der Waals surface area contributed by atoms with Crippen LogP contribution in [-0.4, -0.2) is 23.5 Å². The molecule has 2 fully saturated rings. The topological polar surface area (TPSA) is 61.8 Å². The molecule has 0 aromatic heterocycles. The van der Waals surface area contributed by atoms with Crippen LogP contribution in [0.3, 0.4) is 0 Å². The Bertz CT molecular complexity index is 535. The standard InChI is InChI=1S/C22H34O5/c1-7-19(23)25-21(11-9-15(3)13-17(21)5)27-22(26-20(24)8-2)12-10-16(4)14-18(22)6/h7-8,15-18H,1-2,9-14H2,3-6H3. The number of hydrogen-bond donors (Lipinski definition) is 0. The summed E-state index contributed by atoms with van der Waals surface area (Å²) in [5.74, 6) is -2.25. The molecule has 0 aliphatic heterocycles. The zero-order valence-corrected chi connectivity index (χ0v) is 17.2. The lowest BCUT2D eigenvalue weighted by Crippen LogP contribution is -2.58. The molecular formula is C22H34O5. The molecule has 0 spiro atoms. The molecule has 2 aliphatic rings. The molecule has 0 aromatic rings. The minimum absolute atomic E-state index is 0.0176. The first kappa shape index (κ1) is 21.7. The van der Waals surface area contributed by atoms with Gasteiger partial charge in [0, 0.05) is 36.8 Å². The molecule has 152 valence electrons. The van der Waals surface area contributed by atoms with Gasteiger partial charge in [-0.2, -0.15) is 0 Å². The first-order valence-corrected chi connectivity index (χ1v) is 10.1. The summed E-state index contributed by atoms with van der Waals surface area (Å²) >= 11 is 0. The van der Waals surface area contributed by atoms with E-state index < -0.39 is 23.5 Å². The predicted octanol–water partition coefficient (Wildman–Crippen LogP) is 4.77. The second-order valence-electron chi connectivity index (χ2n) is 8.54. The van der Waals surface area contributed by atoms with Crippen LogP contribution in [-0.2, 0) is 23.8 Å². The molecule has 5 heteroatoms. The first-order chi connectivity index (χ1) is 12.7. The van der Waals surface area contributed by atoms with E-state index in [9.17, 15) is 9.59 Å². The zero-order valence-electron chi connectivity index (χ0n) is 17.2. The van der Waals surface area contributed by atoms with Crippen LogP contribution in [0, 0.1) is 23.7 Å². The third-order valence-electron chi connectivity index (χ3n) is 6.21. The van der Waals surface area contributed by atoms with Gasteiger partial charge in [0.25, 0.3) is 0 Å². The summed E-state index contributed by atoms with van der Waals surface area (Å²) in [7, 11) is 0. The minimum Gasteiger partial charge on any atom is -0.429 e. The van der Waals surface area contributed by atoms with Crippen molar-refractivity contribution in [1.29, 1.82) is 0 Å². The van der Waals surface area contributed by atoms with Crippen LogP contribution in [0.2, 0.25) is 0 Å². The largest absolute Gasteiger partial charge is 0.429 e. The van der Waals surface area contributed by atoms with Crippen LogP contribution < -0.4 is 0 Å². The summed E-state index contributed by atoms with van der Waals surface area (Å²) in [5.41, 5.74) is 0. The summed E-state index contributed by atoms with van der Waals surface area (Å²) in [6, 6.07) is 0. The van der Waals surface area contributed by atoms with E-state index in [1.807, 2.05) is 13.8 Å². The summed E-state index contributed by atoms with van der Waals surface area (Å²) in [5, 5.41) is 0. The van der Waals surface area contributed by atoms with Crippen molar-refractivity contribution in [1.82, 2.24) is 0 Å². The highest BCUT2D eigenvalue weighted by Crippen LogP contribution is 2.49. The fraction of sp³-hybridized carbons (Fsp3) is 0.727. The Kier molecular flexibility index (Phi) is 6.90. The Morgan fingerprint density at radius 1 is 0.815 bits per heavy atom. The van der Waals surface area contributed by atoms with Crippen molar-refractivity contribution < 1.29 is 23.8 Å². The highest BCUT2D eigenvalue weighted by molar-refractivity contribution is 5.82. The zero-order chi connectivity index (χ0) is 20.2. The van der Waals surface area contributed by atoms with Crippen molar-refractivity contribution in [2.75, 3.05) is 0 Å². The second-order valence-corrected chi connectivity index (χ2v) is 8.54. The lowest BCUT2D eigenvalue weighted by Gasteiger charge is -2.51. The maximum absolute atomic E-state index is 12.1. The highest BCUT2D eigenvalue weighted by Gasteiger charge is 2.55. The lowest BCUT2D eigenvalue weighted by atomic mass is 9.76. The Balaban J connectivity index is 2.39. The van der Waals surface area contributed by atoms with Crippen molar-refractivity contribution in [2.45, 2.75) is 77.8 Å². The summed E-state index contributed by atoms with van der Waals surface area (Å²) < 4.78 is 18.2. The molecule has 0 radical (unpaired) electrons. The Labute approximate surface area is 163 Å². The van der Waals surface area contributed by atoms with Crippen LogP contribution in [0.15, 0.2) is 25.3 Å². The molecule has 0 saturated heterocycles. The van der Waals surface area contributed by atoms with Gasteiger partial charge in [-0.15, -0.1) is 0 Å². The van der Waals surface area contributed by atoms with Gasteiger partial charge < -0.3 is 9.47 Å². The number of carbonyl (C=O) groups is 2. The monoisotopic (exact) mass is 378 g/mol. The SMILES string of the molecule is C=CC(=O)OC1(OC2(OC(=O)C=C)CCC(C)CC2C)CCC(C)CC1C. The molecule has 2 aliphatic carbocycles. The third kappa shape index (κ3) is 4.81. The fourth-order valence-electron chi connectivity index (χ4n) is 4.55. The van der Waals surface area contributed by atoms with E-state index >= 15 is 0 Å². The molecule has 0 amide bonds. The molecular weight excluding hydrogens is 344 g/mol. The van der Waals surface area contributed by atoms with E-state index in [0.29, 0.717) is 24.7 Å². The predicted molar refractivity (Wildman–Crippen MR) is 103 cm³/mol. The maximum Gasteiger partial charge on any atom is 0.332 e. The lowest BCUT2D eigenvalue weighted by molar-refractivity contribution is -0.380. The Hall–Kier alpha value is -1.62. The van der Waals surface area contributed by atoms with Crippen LogP contribution >= 0.6 is 0 Å². The quantitative estimate of drug-likeness (QED) is 0.379. The van der Waals surface area contributed by atoms with Gasteiger partial charge in [-0.05, 0) is 37.5 Å². The Morgan fingerprint density at radius 2 is 1.19 bits per heavy atom. The molecule has 2 saturated carbocycles. The average Bonchev–Trinajstić information content (AvgIpc) is 2.61. The van der Waals surface area contributed by atoms with E-state index in [1.54, 1.807) is 0 Å². The first-order valence-electron chi connectivity index (χ1n) is 10.1. The molecule has 5 nitrogen and oxygen atoms in total. The van der Waals surface area contributed by atoms with E-state index in [2.05, 4.69) is 27.0 Å². The molecule has 0 bridgehead atoms. The normalized spacial score (nSPS) is 39.3. The smallest absolute Gasteiger partial charge is 0.332 e. The molecule has 0 heterocycles. The number of rotatable bonds is 6. The van der Waals surface area contributed by atoms with Crippen LogP contribution in [0.5, 0.6) is 0 Å². The van der Waals surface area contributed by atoms with Gasteiger partial charge in [-0.3, -0.25) is 4.74 Å². The summed E-state index contributed by atoms with van der Waals surface area (Å²) in [4.78, 5) is 24.3. The minimum atomic E-state index is -1.12.